The molecule has 2 aromatic carbocycles. The van der Waals surface area contributed by atoms with Gasteiger partial charge in [0.05, 0.1) is 12.6 Å². The SMILES string of the molecule is COc1ccc(N2CCN(CCCNC(=O)c3ccc4ccccc4n3)CC2)cc1. The van der Waals surface area contributed by atoms with Crippen molar-refractivity contribution in [2.45, 2.75) is 6.42 Å². The zero-order valence-corrected chi connectivity index (χ0v) is 17.4. The van der Waals surface area contributed by atoms with Crippen molar-refractivity contribution in [3.8, 4) is 5.75 Å². The Morgan fingerprint density at radius 2 is 1.77 bits per heavy atom. The van der Waals surface area contributed by atoms with Gasteiger partial charge in [0.25, 0.3) is 5.91 Å². The van der Waals surface area contributed by atoms with E-state index in [1.54, 1.807) is 13.2 Å². The van der Waals surface area contributed by atoms with Crippen LogP contribution in [0.4, 0.5) is 5.69 Å². The van der Waals surface area contributed by atoms with Crippen LogP contribution in [0.1, 0.15) is 16.9 Å². The number of hydrogen-bond donors (Lipinski definition) is 1. The summed E-state index contributed by atoms with van der Waals surface area (Å²) >= 11 is 0. The molecule has 6 heteroatoms. The van der Waals surface area contributed by atoms with Crippen molar-refractivity contribution in [2.24, 2.45) is 0 Å². The van der Waals surface area contributed by atoms with E-state index in [1.165, 1.54) is 5.69 Å². The second-order valence-corrected chi connectivity index (χ2v) is 7.53. The molecule has 0 spiro atoms. The number of carbonyl (C=O) groups excluding carboxylic acids is 1. The monoisotopic (exact) mass is 404 g/mol. The Kier molecular flexibility index (Phi) is 6.44. The number of ether oxygens (including phenoxy) is 1. The Morgan fingerprint density at radius 3 is 2.53 bits per heavy atom. The lowest BCUT2D eigenvalue weighted by Crippen LogP contribution is -2.47. The number of benzene rings is 2. The van der Waals surface area contributed by atoms with Crippen LogP contribution in [0, 0.1) is 0 Å². The number of hydrogen-bond acceptors (Lipinski definition) is 5. The molecule has 3 aromatic rings. The second-order valence-electron chi connectivity index (χ2n) is 7.53. The molecule has 1 fully saturated rings. The van der Waals surface area contributed by atoms with E-state index in [9.17, 15) is 4.79 Å². The van der Waals surface area contributed by atoms with Gasteiger partial charge in [0.15, 0.2) is 0 Å². The molecule has 1 amide bonds. The Bertz CT molecular complexity index is 982. The Morgan fingerprint density at radius 1 is 1.00 bits per heavy atom. The molecule has 1 aromatic heterocycles. The number of anilines is 1. The quantitative estimate of drug-likeness (QED) is 0.613. The highest BCUT2D eigenvalue weighted by Crippen LogP contribution is 2.20. The highest BCUT2D eigenvalue weighted by Gasteiger charge is 2.17. The summed E-state index contributed by atoms with van der Waals surface area (Å²) in [6.07, 6.45) is 0.932. The highest BCUT2D eigenvalue weighted by atomic mass is 16.5. The molecule has 1 N–H and O–H groups in total. The van der Waals surface area contributed by atoms with Crippen LogP contribution in [0.3, 0.4) is 0 Å². The van der Waals surface area contributed by atoms with E-state index >= 15 is 0 Å². The zero-order chi connectivity index (χ0) is 20.8. The van der Waals surface area contributed by atoms with Crippen LogP contribution in [0.25, 0.3) is 10.9 Å². The van der Waals surface area contributed by atoms with Crippen LogP contribution >= 0.6 is 0 Å². The number of carbonyl (C=O) groups is 1. The van der Waals surface area contributed by atoms with Crippen LogP contribution < -0.4 is 15.0 Å². The molecule has 0 saturated carbocycles. The molecule has 2 heterocycles. The largest absolute Gasteiger partial charge is 0.497 e. The third-order valence-corrected chi connectivity index (χ3v) is 5.58. The molecule has 0 unspecified atom stereocenters. The zero-order valence-electron chi connectivity index (χ0n) is 17.4. The van der Waals surface area contributed by atoms with Gasteiger partial charge >= 0.3 is 0 Å². The molecular formula is C24H28N4O2. The average Bonchev–Trinajstić information content (AvgIpc) is 2.82. The summed E-state index contributed by atoms with van der Waals surface area (Å²) < 4.78 is 5.23. The maximum Gasteiger partial charge on any atom is 0.269 e. The third-order valence-electron chi connectivity index (χ3n) is 5.58. The van der Waals surface area contributed by atoms with Crippen molar-refractivity contribution in [2.75, 3.05) is 51.3 Å². The first-order valence-corrected chi connectivity index (χ1v) is 10.5. The standard InChI is InChI=1S/C24H28N4O2/c1-30-21-10-8-20(9-11-21)28-17-15-27(16-18-28)14-4-13-25-24(29)23-12-7-19-5-2-3-6-22(19)26-23/h2-3,5-12H,4,13-18H2,1H3,(H,25,29). The van der Waals surface area contributed by atoms with E-state index < -0.39 is 0 Å². The third kappa shape index (κ3) is 4.89. The molecule has 6 nitrogen and oxygen atoms in total. The van der Waals surface area contributed by atoms with Crippen LogP contribution in [-0.4, -0.2) is 62.2 Å². The first-order chi connectivity index (χ1) is 14.7. The summed E-state index contributed by atoms with van der Waals surface area (Å²) in [5, 5.41) is 4.04. The molecule has 1 aliphatic rings. The molecule has 0 atom stereocenters. The van der Waals surface area contributed by atoms with Gasteiger partial charge in [-0.1, -0.05) is 24.3 Å². The van der Waals surface area contributed by atoms with Crippen LogP contribution in [-0.2, 0) is 0 Å². The summed E-state index contributed by atoms with van der Waals surface area (Å²) in [5.41, 5.74) is 2.56. The van der Waals surface area contributed by atoms with E-state index in [2.05, 4.69) is 32.2 Å². The molecular weight excluding hydrogens is 376 g/mol. The minimum absolute atomic E-state index is 0.106. The summed E-state index contributed by atoms with van der Waals surface area (Å²) in [5.74, 6) is 0.781. The first-order valence-electron chi connectivity index (χ1n) is 10.5. The van der Waals surface area contributed by atoms with Gasteiger partial charge in [0.1, 0.15) is 11.4 Å². The fourth-order valence-electron chi connectivity index (χ4n) is 3.81. The number of methoxy groups -OCH3 is 1. The number of rotatable bonds is 7. The lowest BCUT2D eigenvalue weighted by molar-refractivity contribution is 0.0947. The van der Waals surface area contributed by atoms with Crippen LogP contribution in [0.2, 0.25) is 0 Å². The fraction of sp³-hybridized carbons (Fsp3) is 0.333. The van der Waals surface area contributed by atoms with Gasteiger partial charge in [0, 0.05) is 43.8 Å². The number of fused-ring (bicyclic) bond motifs is 1. The van der Waals surface area contributed by atoms with Gasteiger partial charge < -0.3 is 15.0 Å². The van der Waals surface area contributed by atoms with Gasteiger partial charge in [-0.25, -0.2) is 4.98 Å². The average molecular weight is 405 g/mol. The van der Waals surface area contributed by atoms with Gasteiger partial charge in [-0.3, -0.25) is 9.69 Å². The predicted molar refractivity (Wildman–Crippen MR) is 120 cm³/mol. The lowest BCUT2D eigenvalue weighted by Gasteiger charge is -2.36. The lowest BCUT2D eigenvalue weighted by atomic mass is 10.2. The number of pyridine rings is 1. The normalized spacial score (nSPS) is 14.6. The number of aromatic nitrogens is 1. The number of para-hydroxylation sites is 1. The molecule has 1 aliphatic heterocycles. The Balaban J connectivity index is 1.18. The topological polar surface area (TPSA) is 57.7 Å². The Labute approximate surface area is 177 Å². The maximum absolute atomic E-state index is 12.4. The van der Waals surface area contributed by atoms with Crippen molar-refractivity contribution in [3.63, 3.8) is 0 Å². The van der Waals surface area contributed by atoms with Crippen molar-refractivity contribution in [1.82, 2.24) is 15.2 Å². The Hall–Kier alpha value is -3.12. The van der Waals surface area contributed by atoms with E-state index in [4.69, 9.17) is 4.74 Å². The number of nitrogens with one attached hydrogen (secondary N) is 1. The van der Waals surface area contributed by atoms with Crippen molar-refractivity contribution < 1.29 is 9.53 Å². The highest BCUT2D eigenvalue weighted by molar-refractivity contribution is 5.94. The van der Waals surface area contributed by atoms with Gasteiger partial charge in [-0.2, -0.15) is 0 Å². The molecule has 156 valence electrons. The van der Waals surface area contributed by atoms with E-state index in [-0.39, 0.29) is 5.91 Å². The molecule has 0 bridgehead atoms. The number of piperazine rings is 1. The van der Waals surface area contributed by atoms with E-state index in [1.807, 2.05) is 42.5 Å². The van der Waals surface area contributed by atoms with Gasteiger partial charge in [-0.15, -0.1) is 0 Å². The summed E-state index contributed by atoms with van der Waals surface area (Å²) in [6, 6.07) is 19.8. The van der Waals surface area contributed by atoms with Gasteiger partial charge in [-0.05, 0) is 49.4 Å². The van der Waals surface area contributed by atoms with Crippen molar-refractivity contribution >= 4 is 22.5 Å². The van der Waals surface area contributed by atoms with Crippen molar-refractivity contribution in [1.29, 1.82) is 0 Å². The van der Waals surface area contributed by atoms with Crippen molar-refractivity contribution in [3.05, 3.63) is 66.4 Å². The molecule has 4 rings (SSSR count). The number of amides is 1. The minimum atomic E-state index is -0.106. The fourth-order valence-corrected chi connectivity index (χ4v) is 3.81. The molecule has 1 saturated heterocycles. The van der Waals surface area contributed by atoms with Crippen LogP contribution in [0.15, 0.2) is 60.7 Å². The summed E-state index contributed by atoms with van der Waals surface area (Å²) in [7, 11) is 1.69. The molecule has 0 aliphatic carbocycles. The smallest absolute Gasteiger partial charge is 0.269 e. The molecule has 30 heavy (non-hydrogen) atoms. The van der Waals surface area contributed by atoms with E-state index in [0.717, 1.165) is 55.8 Å². The second kappa shape index (κ2) is 9.59. The number of nitrogens with zero attached hydrogens (tertiary/aromatic N) is 3. The summed E-state index contributed by atoms with van der Waals surface area (Å²) in [4.78, 5) is 21.7. The maximum atomic E-state index is 12.4. The predicted octanol–water partition coefficient (Wildman–Crippen LogP) is 3.19. The van der Waals surface area contributed by atoms with E-state index in [0.29, 0.717) is 12.2 Å². The summed E-state index contributed by atoms with van der Waals surface area (Å²) in [6.45, 7) is 5.74. The van der Waals surface area contributed by atoms with Gasteiger partial charge in [0.2, 0.25) is 0 Å². The molecule has 0 radical (unpaired) electrons. The first kappa shape index (κ1) is 20.2. The van der Waals surface area contributed by atoms with Crippen LogP contribution in [0.5, 0.6) is 5.75 Å². The minimum Gasteiger partial charge on any atom is -0.497 e.